The van der Waals surface area contributed by atoms with Gasteiger partial charge >= 0.3 is 0 Å². The van der Waals surface area contributed by atoms with E-state index in [1.54, 1.807) is 0 Å². The third kappa shape index (κ3) is 2.05. The highest BCUT2D eigenvalue weighted by atomic mass is 16.5. The van der Waals surface area contributed by atoms with Crippen molar-refractivity contribution >= 4 is 11.4 Å². The minimum atomic E-state index is 0.837. The molecule has 2 N–H and O–H groups in total. The number of quaternary nitrogens is 1. The molecule has 76 valence electrons. The molecule has 1 fully saturated rings. The molecule has 14 heavy (non-hydrogen) atoms. The number of benzene rings is 1. The molecule has 1 saturated heterocycles. The zero-order valence-electron chi connectivity index (χ0n) is 8.28. The van der Waals surface area contributed by atoms with Crippen LogP contribution in [0.2, 0.25) is 0 Å². The van der Waals surface area contributed by atoms with Gasteiger partial charge in [-0.3, -0.25) is 0 Å². The van der Waals surface area contributed by atoms with E-state index in [0.29, 0.717) is 0 Å². The van der Waals surface area contributed by atoms with Crippen LogP contribution in [0.3, 0.4) is 0 Å². The van der Waals surface area contributed by atoms with E-state index in [1.165, 1.54) is 11.4 Å². The van der Waals surface area contributed by atoms with Gasteiger partial charge in [-0.15, -0.1) is 7.05 Å². The number of anilines is 1. The third-order valence-electron chi connectivity index (χ3n) is 2.51. The van der Waals surface area contributed by atoms with E-state index in [-0.39, 0.29) is 0 Å². The lowest BCUT2D eigenvalue weighted by atomic mass is 10.2. The number of rotatable bonds is 2. The van der Waals surface area contributed by atoms with Crippen LogP contribution in [0.5, 0.6) is 0 Å². The molecule has 0 aliphatic carbocycles. The fourth-order valence-corrected chi connectivity index (χ4v) is 1.64. The lowest BCUT2D eigenvalue weighted by Gasteiger charge is -2.28. The summed E-state index contributed by atoms with van der Waals surface area (Å²) in [5.41, 5.74) is 2.45. The van der Waals surface area contributed by atoms with Crippen LogP contribution in [0, 0.1) is 7.05 Å². The standard InChI is InChI=1S/C11H16N2O/c1-12-10-2-4-11(5-3-10)13-6-8-14-9-7-13/h2-5H,1,6-9,12H2. The zero-order valence-corrected chi connectivity index (χ0v) is 8.28. The van der Waals surface area contributed by atoms with Gasteiger partial charge in [0, 0.05) is 18.8 Å². The van der Waals surface area contributed by atoms with Crippen LogP contribution < -0.4 is 10.2 Å². The molecule has 1 aromatic carbocycles. The normalized spacial score (nSPS) is 17.1. The molecule has 1 aromatic rings. The van der Waals surface area contributed by atoms with Gasteiger partial charge in [0.2, 0.25) is 0 Å². The Morgan fingerprint density at radius 1 is 1.14 bits per heavy atom. The molecule has 0 spiro atoms. The average molecular weight is 192 g/mol. The first kappa shape index (κ1) is 9.49. The second-order valence-electron chi connectivity index (χ2n) is 3.40. The first-order chi connectivity index (χ1) is 6.90. The van der Waals surface area contributed by atoms with Gasteiger partial charge in [0.1, 0.15) is 5.69 Å². The van der Waals surface area contributed by atoms with E-state index in [4.69, 9.17) is 4.74 Å². The molecule has 0 saturated carbocycles. The Hall–Kier alpha value is -1.06. The maximum atomic E-state index is 5.31. The van der Waals surface area contributed by atoms with Crippen molar-refractivity contribution < 1.29 is 10.1 Å². The Morgan fingerprint density at radius 2 is 1.79 bits per heavy atom. The topological polar surface area (TPSA) is 29.1 Å². The Balaban J connectivity index is 2.07. The van der Waals surface area contributed by atoms with Crippen LogP contribution in [0.4, 0.5) is 11.4 Å². The number of hydrogen-bond donors (Lipinski definition) is 1. The van der Waals surface area contributed by atoms with Crippen molar-refractivity contribution in [1.29, 1.82) is 0 Å². The van der Waals surface area contributed by atoms with Crippen LogP contribution >= 0.6 is 0 Å². The van der Waals surface area contributed by atoms with Crippen molar-refractivity contribution in [2.75, 3.05) is 31.2 Å². The van der Waals surface area contributed by atoms with E-state index in [0.717, 1.165) is 26.3 Å². The Bertz CT molecular complexity index is 278. The SMILES string of the molecule is [CH2-][NH2+]c1ccc(N2CCOCC2)cc1. The van der Waals surface area contributed by atoms with E-state index in [2.05, 4.69) is 36.2 Å². The van der Waals surface area contributed by atoms with E-state index >= 15 is 0 Å². The smallest absolute Gasteiger partial charge is 0.103 e. The van der Waals surface area contributed by atoms with Gasteiger partial charge in [-0.05, 0) is 24.3 Å². The van der Waals surface area contributed by atoms with Crippen molar-refractivity contribution in [2.45, 2.75) is 0 Å². The second kappa shape index (κ2) is 4.44. The molecule has 1 aliphatic rings. The van der Waals surface area contributed by atoms with Crippen molar-refractivity contribution in [2.24, 2.45) is 0 Å². The van der Waals surface area contributed by atoms with Crippen molar-refractivity contribution in [3.63, 3.8) is 0 Å². The molecule has 2 rings (SSSR count). The van der Waals surface area contributed by atoms with Gasteiger partial charge < -0.3 is 15.0 Å². The highest BCUT2D eigenvalue weighted by Crippen LogP contribution is 2.16. The molecule has 0 radical (unpaired) electrons. The first-order valence-corrected chi connectivity index (χ1v) is 4.95. The lowest BCUT2D eigenvalue weighted by Crippen LogP contribution is -2.69. The summed E-state index contributed by atoms with van der Waals surface area (Å²) in [5.74, 6) is 0. The summed E-state index contributed by atoms with van der Waals surface area (Å²) in [5, 5.41) is 1.86. The predicted molar refractivity (Wildman–Crippen MR) is 56.4 cm³/mol. The summed E-state index contributed by atoms with van der Waals surface area (Å²) in [6.45, 7) is 3.66. The highest BCUT2D eigenvalue weighted by Gasteiger charge is 2.10. The molecular formula is C11H16N2O. The number of hydrogen-bond acceptors (Lipinski definition) is 2. The molecule has 0 atom stereocenters. The minimum absolute atomic E-state index is 0.837. The minimum Gasteiger partial charge on any atom is -0.446 e. The molecule has 0 bridgehead atoms. The molecule has 1 aliphatic heterocycles. The van der Waals surface area contributed by atoms with Gasteiger partial charge in [0.05, 0.1) is 13.2 Å². The number of morpholine rings is 1. The van der Waals surface area contributed by atoms with Crippen LogP contribution in [-0.4, -0.2) is 26.3 Å². The van der Waals surface area contributed by atoms with Gasteiger partial charge in [-0.1, -0.05) is 0 Å². The summed E-state index contributed by atoms with van der Waals surface area (Å²) in [7, 11) is 3.74. The summed E-state index contributed by atoms with van der Waals surface area (Å²) >= 11 is 0. The lowest BCUT2D eigenvalue weighted by molar-refractivity contribution is -0.504. The molecule has 0 unspecified atom stereocenters. The Labute approximate surface area is 84.7 Å². The maximum Gasteiger partial charge on any atom is 0.103 e. The second-order valence-corrected chi connectivity index (χ2v) is 3.40. The molecular weight excluding hydrogens is 176 g/mol. The first-order valence-electron chi connectivity index (χ1n) is 4.95. The van der Waals surface area contributed by atoms with Crippen molar-refractivity contribution in [3.8, 4) is 0 Å². The Kier molecular flexibility index (Phi) is 3.01. The summed E-state index contributed by atoms with van der Waals surface area (Å²) in [6.07, 6.45) is 0. The highest BCUT2D eigenvalue weighted by molar-refractivity contribution is 5.50. The fourth-order valence-electron chi connectivity index (χ4n) is 1.64. The van der Waals surface area contributed by atoms with Crippen LogP contribution in [0.1, 0.15) is 0 Å². The van der Waals surface area contributed by atoms with Gasteiger partial charge in [-0.25, -0.2) is 0 Å². The molecule has 3 heteroatoms. The largest absolute Gasteiger partial charge is 0.446 e. The number of nitrogens with two attached hydrogens (primary N) is 1. The van der Waals surface area contributed by atoms with E-state index in [1.807, 2.05) is 5.32 Å². The monoisotopic (exact) mass is 192 g/mol. The summed E-state index contributed by atoms with van der Waals surface area (Å²) in [6, 6.07) is 8.47. The van der Waals surface area contributed by atoms with Crippen LogP contribution in [0.15, 0.2) is 24.3 Å². The summed E-state index contributed by atoms with van der Waals surface area (Å²) < 4.78 is 5.31. The quantitative estimate of drug-likeness (QED) is 0.546. The van der Waals surface area contributed by atoms with Crippen molar-refractivity contribution in [1.82, 2.24) is 0 Å². The molecule has 0 aromatic heterocycles. The molecule has 0 amide bonds. The zero-order chi connectivity index (χ0) is 9.80. The van der Waals surface area contributed by atoms with Crippen LogP contribution in [-0.2, 0) is 4.74 Å². The van der Waals surface area contributed by atoms with Crippen LogP contribution in [0.25, 0.3) is 0 Å². The Morgan fingerprint density at radius 3 is 2.36 bits per heavy atom. The predicted octanol–water partition coefficient (Wildman–Crippen LogP) is 0.510. The van der Waals surface area contributed by atoms with E-state index < -0.39 is 0 Å². The third-order valence-corrected chi connectivity index (χ3v) is 2.51. The molecule has 3 nitrogen and oxygen atoms in total. The number of nitrogens with zero attached hydrogens (tertiary/aromatic N) is 1. The van der Waals surface area contributed by atoms with Gasteiger partial charge in [-0.2, -0.15) is 0 Å². The van der Waals surface area contributed by atoms with E-state index in [9.17, 15) is 0 Å². The summed E-state index contributed by atoms with van der Waals surface area (Å²) in [4.78, 5) is 2.34. The van der Waals surface area contributed by atoms with Crippen molar-refractivity contribution in [3.05, 3.63) is 31.3 Å². The molecule has 1 heterocycles. The fraction of sp³-hybridized carbons (Fsp3) is 0.364. The maximum absolute atomic E-state index is 5.31. The average Bonchev–Trinajstić information content (AvgIpc) is 2.30. The van der Waals surface area contributed by atoms with Gasteiger partial charge in [0.25, 0.3) is 0 Å². The number of ether oxygens (including phenoxy) is 1. The van der Waals surface area contributed by atoms with Gasteiger partial charge in [0.15, 0.2) is 0 Å².